The van der Waals surface area contributed by atoms with Crippen LogP contribution < -0.4 is 4.90 Å². The molecule has 0 aliphatic carbocycles. The van der Waals surface area contributed by atoms with E-state index in [1.54, 1.807) is 0 Å². The number of hydrogen-bond donors (Lipinski definition) is 0. The molecule has 2 aromatic heterocycles. The summed E-state index contributed by atoms with van der Waals surface area (Å²) in [5.41, 5.74) is 10.9. The topological polar surface area (TPSA) is 3.24 Å². The zero-order chi connectivity index (χ0) is 36.3. The van der Waals surface area contributed by atoms with Gasteiger partial charge in [0.25, 0.3) is 0 Å². The average Bonchev–Trinajstić information content (AvgIpc) is 3.83. The average molecular weight is 736 g/mol. The summed E-state index contributed by atoms with van der Waals surface area (Å²) in [5, 5.41) is 7.65. The second kappa shape index (κ2) is 13.1. The van der Waals surface area contributed by atoms with Gasteiger partial charge in [0.1, 0.15) is 0 Å². The Kier molecular flexibility index (Phi) is 7.61. The lowest BCUT2D eigenvalue weighted by Crippen LogP contribution is -2.10. The second-order valence-corrected chi connectivity index (χ2v) is 16.2. The largest absolute Gasteiger partial charge is 0.310 e. The molecule has 55 heavy (non-hydrogen) atoms. The molecule has 0 aliphatic rings. The minimum Gasteiger partial charge on any atom is -0.310 e. The molecule has 9 aromatic carbocycles. The molecule has 0 spiro atoms. The lowest BCUT2D eigenvalue weighted by atomic mass is 9.97. The zero-order valence-electron chi connectivity index (χ0n) is 29.8. The normalized spacial score (nSPS) is 11.6. The third-order valence-electron chi connectivity index (χ3n) is 10.9. The first-order chi connectivity index (χ1) is 27.3. The van der Waals surface area contributed by atoms with Crippen molar-refractivity contribution in [2.75, 3.05) is 4.90 Å². The Morgan fingerprint density at radius 3 is 1.82 bits per heavy atom. The van der Waals surface area contributed by atoms with Gasteiger partial charge in [-0.1, -0.05) is 152 Å². The predicted octanol–water partition coefficient (Wildman–Crippen LogP) is 16.0. The molecule has 2 heterocycles. The predicted molar refractivity (Wildman–Crippen MR) is 241 cm³/mol. The first-order valence-corrected chi connectivity index (χ1v) is 20.3. The van der Waals surface area contributed by atoms with Crippen LogP contribution in [0.25, 0.3) is 84.5 Å². The number of rotatable bonds is 6. The van der Waals surface area contributed by atoms with Crippen LogP contribution in [0.15, 0.2) is 200 Å². The van der Waals surface area contributed by atoms with Crippen molar-refractivity contribution in [3.05, 3.63) is 200 Å². The molecule has 258 valence electrons. The summed E-state index contributed by atoms with van der Waals surface area (Å²) < 4.78 is 5.19. The Morgan fingerprint density at radius 2 is 0.982 bits per heavy atom. The maximum absolute atomic E-state index is 2.48. The molecule has 11 rings (SSSR count). The molecule has 0 saturated heterocycles. The van der Waals surface area contributed by atoms with Crippen LogP contribution in [-0.2, 0) is 0 Å². The van der Waals surface area contributed by atoms with E-state index in [2.05, 4.69) is 205 Å². The molecule has 0 bridgehead atoms. The van der Waals surface area contributed by atoms with E-state index < -0.39 is 0 Å². The van der Waals surface area contributed by atoms with Crippen LogP contribution in [0.4, 0.5) is 17.1 Å². The van der Waals surface area contributed by atoms with Gasteiger partial charge < -0.3 is 4.90 Å². The number of hydrogen-bond acceptors (Lipinski definition) is 3. The Hall–Kier alpha value is -6.52. The molecule has 0 fully saturated rings. The maximum Gasteiger partial charge on any atom is 0.0555 e. The smallest absolute Gasteiger partial charge is 0.0555 e. The summed E-state index contributed by atoms with van der Waals surface area (Å²) in [7, 11) is 0. The standard InChI is InChI=1S/C52H33NS2/c1-3-12-34(13-4-1)38-24-28-44-46-33-40(27-31-49(46)54-50(44)32-38)53(39-25-22-37(23-26-39)42-20-11-17-35-16-7-8-18-41(35)42)47-30-29-43(36-14-5-2-6-15-36)52-51(47)45-19-9-10-21-48(45)55-52/h1-33H. The minimum atomic E-state index is 1.12. The highest BCUT2D eigenvalue weighted by molar-refractivity contribution is 7.26. The fraction of sp³-hybridized carbons (Fsp3) is 0. The lowest BCUT2D eigenvalue weighted by Gasteiger charge is -2.27. The Bertz CT molecular complexity index is 3190. The van der Waals surface area contributed by atoms with Gasteiger partial charge in [0.05, 0.1) is 5.69 Å². The number of anilines is 3. The third-order valence-corrected chi connectivity index (χ3v) is 13.2. The van der Waals surface area contributed by atoms with Crippen molar-refractivity contribution in [1.82, 2.24) is 0 Å². The van der Waals surface area contributed by atoms with Crippen molar-refractivity contribution < 1.29 is 0 Å². The molecule has 0 saturated carbocycles. The van der Waals surface area contributed by atoms with Gasteiger partial charge >= 0.3 is 0 Å². The number of nitrogens with zero attached hydrogens (tertiary/aromatic N) is 1. The van der Waals surface area contributed by atoms with Gasteiger partial charge in [-0.2, -0.15) is 0 Å². The molecule has 0 atom stereocenters. The highest BCUT2D eigenvalue weighted by atomic mass is 32.1. The Balaban J connectivity index is 1.13. The summed E-state index contributed by atoms with van der Waals surface area (Å²) in [6.45, 7) is 0. The highest BCUT2D eigenvalue weighted by Gasteiger charge is 2.22. The van der Waals surface area contributed by atoms with Crippen molar-refractivity contribution in [1.29, 1.82) is 0 Å². The Labute approximate surface area is 327 Å². The summed E-state index contributed by atoms with van der Waals surface area (Å²) in [6, 6.07) is 73.4. The summed E-state index contributed by atoms with van der Waals surface area (Å²) in [4.78, 5) is 2.48. The quantitative estimate of drug-likeness (QED) is 0.164. The van der Waals surface area contributed by atoms with Crippen molar-refractivity contribution >= 4 is 90.9 Å². The summed E-state index contributed by atoms with van der Waals surface area (Å²) in [6.07, 6.45) is 0. The van der Waals surface area contributed by atoms with Crippen LogP contribution in [-0.4, -0.2) is 0 Å². The first kappa shape index (κ1) is 32.0. The van der Waals surface area contributed by atoms with Crippen LogP contribution in [0.5, 0.6) is 0 Å². The van der Waals surface area contributed by atoms with Crippen molar-refractivity contribution in [2.45, 2.75) is 0 Å². The van der Waals surface area contributed by atoms with Gasteiger partial charge in [-0.3, -0.25) is 0 Å². The van der Waals surface area contributed by atoms with Crippen LogP contribution in [0.1, 0.15) is 0 Å². The van der Waals surface area contributed by atoms with E-state index in [-0.39, 0.29) is 0 Å². The number of benzene rings is 9. The van der Waals surface area contributed by atoms with Crippen molar-refractivity contribution in [3.63, 3.8) is 0 Å². The fourth-order valence-electron chi connectivity index (χ4n) is 8.25. The van der Waals surface area contributed by atoms with E-state index in [1.165, 1.54) is 90.2 Å². The molecule has 1 nitrogen and oxygen atoms in total. The third kappa shape index (κ3) is 5.43. The van der Waals surface area contributed by atoms with Crippen LogP contribution in [0, 0.1) is 0 Å². The molecular weight excluding hydrogens is 703 g/mol. The number of fused-ring (bicyclic) bond motifs is 7. The highest BCUT2D eigenvalue weighted by Crippen LogP contribution is 2.49. The van der Waals surface area contributed by atoms with Crippen LogP contribution in [0.3, 0.4) is 0 Å². The van der Waals surface area contributed by atoms with E-state index in [4.69, 9.17) is 0 Å². The summed E-state index contributed by atoms with van der Waals surface area (Å²) >= 11 is 3.76. The molecule has 0 radical (unpaired) electrons. The maximum atomic E-state index is 2.48. The van der Waals surface area contributed by atoms with Gasteiger partial charge in [-0.05, 0) is 92.7 Å². The van der Waals surface area contributed by atoms with Crippen molar-refractivity contribution in [2.24, 2.45) is 0 Å². The van der Waals surface area contributed by atoms with E-state index in [1.807, 2.05) is 22.7 Å². The van der Waals surface area contributed by atoms with E-state index >= 15 is 0 Å². The Morgan fingerprint density at radius 1 is 0.327 bits per heavy atom. The fourth-order valence-corrected chi connectivity index (χ4v) is 10.6. The van der Waals surface area contributed by atoms with Gasteiger partial charge in [-0.25, -0.2) is 0 Å². The monoisotopic (exact) mass is 735 g/mol. The molecule has 0 unspecified atom stereocenters. The van der Waals surface area contributed by atoms with E-state index in [0.717, 1.165) is 11.4 Å². The second-order valence-electron chi connectivity index (χ2n) is 14.1. The van der Waals surface area contributed by atoms with Gasteiger partial charge in [0, 0.05) is 51.7 Å². The van der Waals surface area contributed by atoms with Crippen molar-refractivity contribution in [3.8, 4) is 33.4 Å². The molecule has 0 amide bonds. The molecule has 0 N–H and O–H groups in total. The SMILES string of the molecule is c1ccc(-c2ccc3c(c2)sc2ccc(N(c4ccc(-c5cccc6ccccc56)cc4)c4ccc(-c5ccccc5)c5sc6ccccc6c45)cc23)cc1. The minimum absolute atomic E-state index is 1.12. The summed E-state index contributed by atoms with van der Waals surface area (Å²) in [5.74, 6) is 0. The van der Waals surface area contributed by atoms with Gasteiger partial charge in [0.2, 0.25) is 0 Å². The molecule has 11 aromatic rings. The van der Waals surface area contributed by atoms with E-state index in [9.17, 15) is 0 Å². The molecule has 3 heteroatoms. The van der Waals surface area contributed by atoms with Gasteiger partial charge in [-0.15, -0.1) is 22.7 Å². The molecule has 0 aliphatic heterocycles. The number of thiophene rings is 2. The molecular formula is C52H33NS2. The van der Waals surface area contributed by atoms with Gasteiger partial charge in [0.15, 0.2) is 0 Å². The van der Waals surface area contributed by atoms with Crippen LogP contribution >= 0.6 is 22.7 Å². The lowest BCUT2D eigenvalue weighted by molar-refractivity contribution is 1.31. The van der Waals surface area contributed by atoms with Crippen LogP contribution in [0.2, 0.25) is 0 Å². The first-order valence-electron chi connectivity index (χ1n) is 18.7. The zero-order valence-corrected chi connectivity index (χ0v) is 31.4. The van der Waals surface area contributed by atoms with E-state index in [0.29, 0.717) is 0 Å².